The Kier molecular flexibility index (Phi) is 6.72. The van der Waals surface area contributed by atoms with Gasteiger partial charge in [0.15, 0.2) is 0 Å². The number of para-hydroxylation sites is 1. The van der Waals surface area contributed by atoms with Gasteiger partial charge < -0.3 is 14.8 Å². The molecule has 0 radical (unpaired) electrons. The van der Waals surface area contributed by atoms with Crippen LogP contribution in [0.25, 0.3) is 0 Å². The minimum absolute atomic E-state index is 0.173. The molecule has 1 amide bonds. The van der Waals surface area contributed by atoms with Crippen molar-refractivity contribution in [2.45, 2.75) is 12.8 Å². The summed E-state index contributed by atoms with van der Waals surface area (Å²) in [5.41, 5.74) is 3.37. The van der Waals surface area contributed by atoms with Crippen molar-refractivity contribution in [3.8, 4) is 11.5 Å². The lowest BCUT2D eigenvalue weighted by molar-refractivity contribution is 0.0975. The molecule has 0 bridgehead atoms. The molecule has 0 spiro atoms. The Morgan fingerprint density at radius 2 is 1.69 bits per heavy atom. The van der Waals surface area contributed by atoms with Gasteiger partial charge in [0.2, 0.25) is 0 Å². The Balaban J connectivity index is 1.53. The number of ether oxygens (including phenoxy) is 2. The van der Waals surface area contributed by atoms with Gasteiger partial charge in [0.25, 0.3) is 5.91 Å². The van der Waals surface area contributed by atoms with Crippen molar-refractivity contribution in [2.24, 2.45) is 0 Å². The van der Waals surface area contributed by atoms with Crippen LogP contribution in [-0.2, 0) is 6.61 Å². The first-order valence-electron chi connectivity index (χ1n) is 11.1. The smallest absolute Gasteiger partial charge is 0.262 e. The van der Waals surface area contributed by atoms with Crippen LogP contribution >= 0.6 is 23.2 Å². The van der Waals surface area contributed by atoms with E-state index in [0.717, 1.165) is 11.1 Å². The second-order valence-electron chi connectivity index (χ2n) is 8.18. The molecule has 1 N–H and O–H groups in total. The van der Waals surface area contributed by atoms with Crippen molar-refractivity contribution in [3.63, 3.8) is 0 Å². The maximum Gasteiger partial charge on any atom is 0.262 e. The SMILES string of the molecule is COc1ccc(C2Nc3ccccc3C(=O)N2c2ccc(F)cc2)cc1COc1ccc(Cl)cc1Cl. The van der Waals surface area contributed by atoms with Gasteiger partial charge in [-0.2, -0.15) is 0 Å². The third-order valence-corrected chi connectivity index (χ3v) is 6.46. The van der Waals surface area contributed by atoms with E-state index in [1.54, 1.807) is 48.4 Å². The van der Waals surface area contributed by atoms with Crippen LogP contribution in [0, 0.1) is 5.82 Å². The van der Waals surface area contributed by atoms with E-state index in [1.165, 1.54) is 12.1 Å². The topological polar surface area (TPSA) is 50.8 Å². The standard InChI is InChI=1S/C28H21Cl2FN2O3/c1-35-25-12-6-17(14-18(25)16-36-26-13-7-19(29)15-23(26)30)27-32-24-5-3-2-4-22(24)28(34)33(27)21-10-8-20(31)9-11-21/h2-15,27,32H,16H2,1H3. The van der Waals surface area contributed by atoms with Crippen molar-refractivity contribution in [1.29, 1.82) is 0 Å². The lowest BCUT2D eigenvalue weighted by Gasteiger charge is -2.38. The lowest BCUT2D eigenvalue weighted by atomic mass is 10.0. The van der Waals surface area contributed by atoms with Crippen LogP contribution in [0.1, 0.15) is 27.7 Å². The average Bonchev–Trinajstić information content (AvgIpc) is 2.89. The highest BCUT2D eigenvalue weighted by Gasteiger charge is 2.34. The number of hydrogen-bond donors (Lipinski definition) is 1. The molecule has 1 aliphatic heterocycles. The summed E-state index contributed by atoms with van der Waals surface area (Å²) in [6.45, 7) is 0.173. The highest BCUT2D eigenvalue weighted by molar-refractivity contribution is 6.35. The second-order valence-corrected chi connectivity index (χ2v) is 9.02. The minimum Gasteiger partial charge on any atom is -0.496 e. The summed E-state index contributed by atoms with van der Waals surface area (Å²) >= 11 is 12.3. The molecule has 1 aliphatic rings. The molecule has 8 heteroatoms. The fraction of sp³-hybridized carbons (Fsp3) is 0.107. The third kappa shape index (κ3) is 4.70. The first-order valence-corrected chi connectivity index (χ1v) is 11.9. The van der Waals surface area contributed by atoms with Gasteiger partial charge in [0.05, 0.1) is 17.7 Å². The number of carbonyl (C=O) groups excluding carboxylic acids is 1. The predicted molar refractivity (Wildman–Crippen MR) is 140 cm³/mol. The normalized spacial score (nSPS) is 14.7. The van der Waals surface area contributed by atoms with E-state index >= 15 is 0 Å². The summed E-state index contributed by atoms with van der Waals surface area (Å²) in [4.78, 5) is 15.2. The van der Waals surface area contributed by atoms with Crippen LogP contribution < -0.4 is 19.7 Å². The summed E-state index contributed by atoms with van der Waals surface area (Å²) in [6, 6.07) is 23.8. The number of rotatable bonds is 6. The molecule has 0 aromatic heterocycles. The number of methoxy groups -OCH3 is 1. The van der Waals surface area contributed by atoms with Gasteiger partial charge >= 0.3 is 0 Å². The Hall–Kier alpha value is -3.74. The van der Waals surface area contributed by atoms with E-state index in [4.69, 9.17) is 32.7 Å². The molecule has 182 valence electrons. The van der Waals surface area contributed by atoms with Gasteiger partial charge in [-0.25, -0.2) is 4.39 Å². The molecule has 0 saturated carbocycles. The molecule has 1 unspecified atom stereocenters. The maximum absolute atomic E-state index is 13.7. The van der Waals surface area contributed by atoms with E-state index in [2.05, 4.69) is 5.32 Å². The van der Waals surface area contributed by atoms with Gasteiger partial charge in [-0.3, -0.25) is 9.69 Å². The zero-order valence-electron chi connectivity index (χ0n) is 19.2. The number of nitrogens with zero attached hydrogens (tertiary/aromatic N) is 1. The summed E-state index contributed by atoms with van der Waals surface area (Å²) in [5.74, 6) is 0.543. The largest absolute Gasteiger partial charge is 0.496 e. The fourth-order valence-electron chi connectivity index (χ4n) is 4.18. The van der Waals surface area contributed by atoms with Crippen LogP contribution in [0.5, 0.6) is 11.5 Å². The van der Waals surface area contributed by atoms with Crippen LogP contribution in [0.15, 0.2) is 84.9 Å². The summed E-state index contributed by atoms with van der Waals surface area (Å²) < 4.78 is 25.2. The second kappa shape index (κ2) is 10.1. The number of carbonyl (C=O) groups is 1. The summed E-state index contributed by atoms with van der Waals surface area (Å²) in [6.07, 6.45) is -0.554. The molecule has 36 heavy (non-hydrogen) atoms. The molecular formula is C28H21Cl2FN2O3. The fourth-order valence-corrected chi connectivity index (χ4v) is 4.65. The monoisotopic (exact) mass is 522 g/mol. The Morgan fingerprint density at radius 1 is 0.944 bits per heavy atom. The van der Waals surface area contributed by atoms with Gasteiger partial charge in [-0.1, -0.05) is 41.4 Å². The Morgan fingerprint density at radius 3 is 2.44 bits per heavy atom. The molecule has 0 fully saturated rings. The molecule has 0 saturated heterocycles. The van der Waals surface area contributed by atoms with Crippen LogP contribution in [0.3, 0.4) is 0 Å². The van der Waals surface area contributed by atoms with Crippen molar-refractivity contribution in [1.82, 2.24) is 0 Å². The van der Waals surface area contributed by atoms with Gasteiger partial charge in [-0.15, -0.1) is 0 Å². The average molecular weight is 523 g/mol. The Labute approximate surface area is 218 Å². The van der Waals surface area contributed by atoms with Crippen LogP contribution in [0.2, 0.25) is 10.0 Å². The quantitative estimate of drug-likeness (QED) is 0.285. The lowest BCUT2D eigenvalue weighted by Crippen LogP contribution is -2.43. The van der Waals surface area contributed by atoms with Crippen LogP contribution in [-0.4, -0.2) is 13.0 Å². The molecule has 5 nitrogen and oxygen atoms in total. The van der Waals surface area contributed by atoms with E-state index in [0.29, 0.717) is 38.5 Å². The van der Waals surface area contributed by atoms with E-state index in [9.17, 15) is 9.18 Å². The number of hydrogen-bond acceptors (Lipinski definition) is 4. The Bertz CT molecular complexity index is 1430. The molecule has 1 heterocycles. The maximum atomic E-state index is 13.7. The molecule has 4 aromatic rings. The van der Waals surface area contributed by atoms with Crippen molar-refractivity contribution < 1.29 is 18.7 Å². The van der Waals surface area contributed by atoms with Gasteiger partial charge in [0.1, 0.15) is 30.1 Å². The van der Waals surface area contributed by atoms with E-state index in [-0.39, 0.29) is 18.3 Å². The molecule has 4 aromatic carbocycles. The van der Waals surface area contributed by atoms with E-state index in [1.807, 2.05) is 36.4 Å². The zero-order valence-corrected chi connectivity index (χ0v) is 20.7. The molecular weight excluding hydrogens is 502 g/mol. The number of benzene rings is 4. The number of halogens is 3. The molecule has 0 aliphatic carbocycles. The third-order valence-electron chi connectivity index (χ3n) is 5.93. The van der Waals surface area contributed by atoms with Crippen LogP contribution in [0.4, 0.5) is 15.8 Å². The van der Waals surface area contributed by atoms with Gasteiger partial charge in [-0.05, 0) is 72.3 Å². The summed E-state index contributed by atoms with van der Waals surface area (Å²) in [7, 11) is 1.58. The summed E-state index contributed by atoms with van der Waals surface area (Å²) in [5, 5.41) is 4.37. The highest BCUT2D eigenvalue weighted by Crippen LogP contribution is 2.38. The first kappa shape index (κ1) is 24.0. The minimum atomic E-state index is -0.554. The number of anilines is 2. The molecule has 5 rings (SSSR count). The van der Waals surface area contributed by atoms with Crippen molar-refractivity contribution >= 4 is 40.5 Å². The van der Waals surface area contributed by atoms with Crippen molar-refractivity contribution in [3.05, 3.63) is 117 Å². The number of nitrogens with one attached hydrogen (secondary N) is 1. The van der Waals surface area contributed by atoms with Gasteiger partial charge in [0, 0.05) is 22.0 Å². The molecule has 1 atom stereocenters. The number of amides is 1. The zero-order chi connectivity index (χ0) is 25.2. The number of fused-ring (bicyclic) bond motifs is 1. The first-order chi connectivity index (χ1) is 17.4. The highest BCUT2D eigenvalue weighted by atomic mass is 35.5. The van der Waals surface area contributed by atoms with Crippen molar-refractivity contribution in [2.75, 3.05) is 17.3 Å². The van der Waals surface area contributed by atoms with E-state index < -0.39 is 6.17 Å². The predicted octanol–water partition coefficient (Wildman–Crippen LogP) is 7.49.